The van der Waals surface area contributed by atoms with Crippen LogP contribution < -0.4 is 4.74 Å². The Labute approximate surface area is 230 Å². The minimum atomic E-state index is -4.95. The minimum Gasteiger partial charge on any atom is -0.496 e. The average molecular weight is 580 g/mol. The summed E-state index contributed by atoms with van der Waals surface area (Å²) in [7, 11) is 1.35. The van der Waals surface area contributed by atoms with E-state index in [4.69, 9.17) is 39.5 Å². The van der Waals surface area contributed by atoms with Crippen LogP contribution in [0.25, 0.3) is 11.1 Å². The minimum absolute atomic E-state index is 0.227. The van der Waals surface area contributed by atoms with Crippen LogP contribution in [0, 0.1) is 5.82 Å². The van der Waals surface area contributed by atoms with Crippen molar-refractivity contribution >= 4 is 34.8 Å². The van der Waals surface area contributed by atoms with E-state index in [1.165, 1.54) is 51.3 Å². The molecule has 0 aliphatic carbocycles. The highest BCUT2D eigenvalue weighted by Gasteiger charge is 2.56. The lowest BCUT2D eigenvalue weighted by Crippen LogP contribution is -2.50. The number of methoxy groups -OCH3 is 1. The molecular weight excluding hydrogens is 551 g/mol. The molecule has 3 aromatic rings. The van der Waals surface area contributed by atoms with Gasteiger partial charge in [-0.05, 0) is 53.3 Å². The van der Waals surface area contributed by atoms with E-state index < -0.39 is 35.9 Å². The molecule has 202 valence electrons. The Morgan fingerprint density at radius 2 is 1.41 bits per heavy atom. The largest absolute Gasteiger partial charge is 0.496 e. The fourth-order valence-corrected chi connectivity index (χ4v) is 5.28. The standard InChI is InChI=1S/C26H23Cl3F4O2.C2H6/c1-24(2,19-12-18(30)8-9-22(19)35-3)14-25(34,26(31,32)33)13-15-4-6-16(7-5-15)23-20(28)10-17(27)11-21(23)29;1-2/h4-12,34H,13-14H2,1-3H3;1-2H3. The first-order valence-electron chi connectivity index (χ1n) is 11.5. The zero-order chi connectivity index (χ0) is 28.2. The molecule has 37 heavy (non-hydrogen) atoms. The van der Waals surface area contributed by atoms with Crippen LogP contribution in [-0.4, -0.2) is 24.0 Å². The van der Waals surface area contributed by atoms with Gasteiger partial charge in [0.2, 0.25) is 0 Å². The summed E-state index contributed by atoms with van der Waals surface area (Å²) in [4.78, 5) is 0. The van der Waals surface area contributed by atoms with Crippen molar-refractivity contribution in [2.45, 2.75) is 57.7 Å². The Hall–Kier alpha value is -1.99. The van der Waals surface area contributed by atoms with E-state index in [9.17, 15) is 22.7 Å². The summed E-state index contributed by atoms with van der Waals surface area (Å²) in [6.45, 7) is 7.02. The van der Waals surface area contributed by atoms with Gasteiger partial charge in [-0.1, -0.05) is 86.8 Å². The van der Waals surface area contributed by atoms with Crippen molar-refractivity contribution in [3.63, 3.8) is 0 Å². The zero-order valence-electron chi connectivity index (χ0n) is 21.1. The third kappa shape index (κ3) is 7.32. The fraction of sp³-hybridized carbons (Fsp3) is 0.357. The summed E-state index contributed by atoms with van der Waals surface area (Å²) < 4.78 is 61.7. The van der Waals surface area contributed by atoms with E-state index in [2.05, 4.69) is 0 Å². The van der Waals surface area contributed by atoms with Gasteiger partial charge in [0.1, 0.15) is 11.6 Å². The molecule has 9 heteroatoms. The first-order chi connectivity index (χ1) is 17.2. The van der Waals surface area contributed by atoms with Gasteiger partial charge in [0.25, 0.3) is 0 Å². The molecule has 0 amide bonds. The maximum atomic E-state index is 14.2. The van der Waals surface area contributed by atoms with Crippen LogP contribution in [0.15, 0.2) is 54.6 Å². The van der Waals surface area contributed by atoms with Gasteiger partial charge in [-0.25, -0.2) is 4.39 Å². The molecule has 2 nitrogen and oxygen atoms in total. The van der Waals surface area contributed by atoms with Gasteiger partial charge in [0.05, 0.1) is 17.2 Å². The Balaban J connectivity index is 0.00000235. The summed E-state index contributed by atoms with van der Waals surface area (Å²) in [5, 5.41) is 11.9. The molecule has 3 rings (SSSR count). The molecule has 0 radical (unpaired) electrons. The predicted molar refractivity (Wildman–Crippen MR) is 144 cm³/mol. The van der Waals surface area contributed by atoms with Crippen molar-refractivity contribution < 1.29 is 27.4 Å². The van der Waals surface area contributed by atoms with Crippen LogP contribution in [0.5, 0.6) is 5.75 Å². The van der Waals surface area contributed by atoms with E-state index in [-0.39, 0.29) is 16.9 Å². The SMILES string of the molecule is CC.COc1ccc(F)cc1C(C)(C)CC(O)(Cc1ccc(-c2c(Cl)cc(Cl)cc2Cl)cc1)C(F)(F)F. The molecule has 3 aromatic carbocycles. The van der Waals surface area contributed by atoms with Crippen LogP contribution in [0.4, 0.5) is 17.6 Å². The molecule has 0 saturated carbocycles. The smallest absolute Gasteiger partial charge is 0.417 e. The maximum absolute atomic E-state index is 14.2. The van der Waals surface area contributed by atoms with Crippen molar-refractivity contribution in [1.82, 2.24) is 0 Å². The highest BCUT2D eigenvalue weighted by molar-refractivity contribution is 6.41. The van der Waals surface area contributed by atoms with E-state index in [0.29, 0.717) is 26.2 Å². The summed E-state index contributed by atoms with van der Waals surface area (Å²) in [6, 6.07) is 12.8. The van der Waals surface area contributed by atoms with E-state index in [1.54, 1.807) is 12.1 Å². The molecular formula is C28H29Cl3F4O2. The first-order valence-corrected chi connectivity index (χ1v) is 12.7. The number of hydrogen-bond acceptors (Lipinski definition) is 2. The molecule has 1 atom stereocenters. The molecule has 0 spiro atoms. The average Bonchev–Trinajstić information content (AvgIpc) is 2.80. The van der Waals surface area contributed by atoms with Crippen LogP contribution in [0.3, 0.4) is 0 Å². The predicted octanol–water partition coefficient (Wildman–Crippen LogP) is 9.69. The molecule has 0 heterocycles. The Kier molecular flexibility index (Phi) is 10.3. The number of alkyl halides is 3. The second-order valence-electron chi connectivity index (χ2n) is 9.05. The van der Waals surface area contributed by atoms with Crippen LogP contribution >= 0.6 is 34.8 Å². The van der Waals surface area contributed by atoms with Gasteiger partial charge in [0.15, 0.2) is 5.60 Å². The van der Waals surface area contributed by atoms with Crippen LogP contribution in [0.2, 0.25) is 15.1 Å². The highest BCUT2D eigenvalue weighted by Crippen LogP contribution is 2.45. The maximum Gasteiger partial charge on any atom is 0.417 e. The van der Waals surface area contributed by atoms with Gasteiger partial charge in [0, 0.05) is 22.6 Å². The first kappa shape index (κ1) is 31.2. The van der Waals surface area contributed by atoms with Gasteiger partial charge in [-0.15, -0.1) is 0 Å². The van der Waals surface area contributed by atoms with Gasteiger partial charge < -0.3 is 9.84 Å². The molecule has 0 saturated heterocycles. The van der Waals surface area contributed by atoms with Gasteiger partial charge in [-0.2, -0.15) is 13.2 Å². The van der Waals surface area contributed by atoms with Gasteiger partial charge >= 0.3 is 6.18 Å². The lowest BCUT2D eigenvalue weighted by atomic mass is 9.72. The zero-order valence-corrected chi connectivity index (χ0v) is 23.4. The molecule has 1 unspecified atom stereocenters. The topological polar surface area (TPSA) is 29.5 Å². The lowest BCUT2D eigenvalue weighted by molar-refractivity contribution is -0.266. The van der Waals surface area contributed by atoms with Crippen molar-refractivity contribution in [2.24, 2.45) is 0 Å². The number of rotatable bonds is 7. The van der Waals surface area contributed by atoms with E-state index in [0.717, 1.165) is 12.1 Å². The summed E-state index contributed by atoms with van der Waals surface area (Å²) in [5.74, 6) is -0.374. The molecule has 0 aliphatic rings. The monoisotopic (exact) mass is 578 g/mol. The molecule has 0 aliphatic heterocycles. The second-order valence-corrected chi connectivity index (χ2v) is 10.3. The normalized spacial score (nSPS) is 13.4. The van der Waals surface area contributed by atoms with Crippen LogP contribution in [0.1, 0.15) is 45.2 Å². The summed E-state index contributed by atoms with van der Waals surface area (Å²) >= 11 is 18.4. The lowest BCUT2D eigenvalue weighted by Gasteiger charge is -2.38. The summed E-state index contributed by atoms with van der Waals surface area (Å²) in [6.07, 6.45) is -6.38. The van der Waals surface area contributed by atoms with E-state index in [1.807, 2.05) is 13.8 Å². The molecule has 0 aromatic heterocycles. The molecule has 0 bridgehead atoms. The Bertz CT molecular complexity index is 1190. The van der Waals surface area contributed by atoms with Crippen molar-refractivity contribution in [3.8, 4) is 16.9 Å². The Morgan fingerprint density at radius 1 is 0.865 bits per heavy atom. The molecule has 0 fully saturated rings. The highest BCUT2D eigenvalue weighted by atomic mass is 35.5. The number of benzene rings is 3. The van der Waals surface area contributed by atoms with Crippen molar-refractivity contribution in [2.75, 3.05) is 7.11 Å². The van der Waals surface area contributed by atoms with Crippen molar-refractivity contribution in [3.05, 3.63) is 86.6 Å². The third-order valence-corrected chi connectivity index (χ3v) is 6.71. The summed E-state index contributed by atoms with van der Waals surface area (Å²) in [5.41, 5.74) is -2.82. The van der Waals surface area contributed by atoms with E-state index >= 15 is 0 Å². The van der Waals surface area contributed by atoms with Gasteiger partial charge in [-0.3, -0.25) is 0 Å². The number of ether oxygens (including phenoxy) is 1. The number of hydrogen-bond donors (Lipinski definition) is 1. The second kappa shape index (κ2) is 12.2. The fourth-order valence-electron chi connectivity index (χ4n) is 4.24. The van der Waals surface area contributed by atoms with Crippen molar-refractivity contribution in [1.29, 1.82) is 0 Å². The van der Waals surface area contributed by atoms with Crippen LogP contribution in [-0.2, 0) is 11.8 Å². The third-order valence-electron chi connectivity index (χ3n) is 5.90. The molecule has 1 N–H and O–H groups in total. The quantitative estimate of drug-likeness (QED) is 0.282. The number of aliphatic hydroxyl groups is 1. The number of halogens is 7. The Morgan fingerprint density at radius 3 is 1.89 bits per heavy atom.